The molecule has 3 nitrogen and oxygen atoms in total. The Bertz CT molecular complexity index is 755. The Morgan fingerprint density at radius 2 is 1.29 bits per heavy atom. The minimum atomic E-state index is -0.703. The first-order valence-electron chi connectivity index (χ1n) is 7.83. The molecule has 3 rings (SSSR count). The highest BCUT2D eigenvalue weighted by Gasteiger charge is 2.18. The molecular weight excluding hydrogens is 300 g/mol. The number of carbonyl (C=O) groups excluding carboxylic acids is 1. The predicted molar refractivity (Wildman–Crippen MR) is 92.9 cm³/mol. The van der Waals surface area contributed by atoms with Gasteiger partial charge >= 0.3 is 6.16 Å². The molecule has 120 valence electrons. The molecule has 0 aliphatic heterocycles. The lowest BCUT2D eigenvalue weighted by molar-refractivity contribution is 0.0579. The molecule has 1 atom stereocenters. The molecule has 0 aromatic heterocycles. The van der Waals surface area contributed by atoms with Crippen LogP contribution in [0.4, 0.5) is 4.79 Å². The molecule has 0 aliphatic rings. The van der Waals surface area contributed by atoms with Crippen LogP contribution in [-0.4, -0.2) is 6.16 Å². The summed E-state index contributed by atoms with van der Waals surface area (Å²) in [5, 5.41) is 0. The highest BCUT2D eigenvalue weighted by molar-refractivity contribution is 5.64. The summed E-state index contributed by atoms with van der Waals surface area (Å²) >= 11 is 0. The van der Waals surface area contributed by atoms with Crippen LogP contribution in [0.15, 0.2) is 91.0 Å². The summed E-state index contributed by atoms with van der Waals surface area (Å²) in [7, 11) is 0. The Balaban J connectivity index is 1.73. The molecule has 24 heavy (non-hydrogen) atoms. The molecule has 0 fully saturated rings. The third kappa shape index (κ3) is 4.46. The standard InChI is InChI=1S/C21H18O3/c22-21(23-19-14-8-3-9-15-19)24-20(18-12-6-2-7-13-18)16-17-10-4-1-5-11-17/h1-15,20H,16H2. The van der Waals surface area contributed by atoms with Crippen molar-refractivity contribution < 1.29 is 14.3 Å². The van der Waals surface area contributed by atoms with Gasteiger partial charge in [0.25, 0.3) is 0 Å². The number of hydrogen-bond acceptors (Lipinski definition) is 3. The lowest BCUT2D eigenvalue weighted by atomic mass is 10.0. The number of carbonyl (C=O) groups is 1. The van der Waals surface area contributed by atoms with Crippen LogP contribution in [0.3, 0.4) is 0 Å². The van der Waals surface area contributed by atoms with Crippen LogP contribution in [0.25, 0.3) is 0 Å². The van der Waals surface area contributed by atoms with E-state index >= 15 is 0 Å². The first-order valence-corrected chi connectivity index (χ1v) is 7.83. The van der Waals surface area contributed by atoms with Crippen molar-refractivity contribution in [3.05, 3.63) is 102 Å². The van der Waals surface area contributed by atoms with E-state index in [0.29, 0.717) is 12.2 Å². The van der Waals surface area contributed by atoms with Crippen molar-refractivity contribution in [3.8, 4) is 5.75 Å². The second kappa shape index (κ2) is 7.97. The third-order valence-corrected chi connectivity index (χ3v) is 3.62. The van der Waals surface area contributed by atoms with Gasteiger partial charge in [0, 0.05) is 6.42 Å². The summed E-state index contributed by atoms with van der Waals surface area (Å²) in [6.45, 7) is 0. The van der Waals surface area contributed by atoms with E-state index in [-0.39, 0.29) is 0 Å². The zero-order valence-corrected chi connectivity index (χ0v) is 13.2. The zero-order valence-electron chi connectivity index (χ0n) is 13.2. The van der Waals surface area contributed by atoms with Crippen molar-refractivity contribution >= 4 is 6.16 Å². The number of ether oxygens (including phenoxy) is 2. The largest absolute Gasteiger partial charge is 0.514 e. The maximum absolute atomic E-state index is 12.1. The highest BCUT2D eigenvalue weighted by Crippen LogP contribution is 2.23. The van der Waals surface area contributed by atoms with Crippen molar-refractivity contribution in [1.82, 2.24) is 0 Å². The Labute approximate surface area is 141 Å². The molecule has 3 heteroatoms. The smallest absolute Gasteiger partial charge is 0.425 e. The van der Waals surface area contributed by atoms with E-state index in [2.05, 4.69) is 0 Å². The number of benzene rings is 3. The van der Waals surface area contributed by atoms with Gasteiger partial charge in [0.15, 0.2) is 0 Å². The second-order valence-electron chi connectivity index (χ2n) is 5.37. The Kier molecular flexibility index (Phi) is 5.25. The van der Waals surface area contributed by atoms with E-state index in [0.717, 1.165) is 11.1 Å². The molecule has 0 spiro atoms. The predicted octanol–water partition coefficient (Wildman–Crippen LogP) is 5.19. The van der Waals surface area contributed by atoms with Gasteiger partial charge in [0.1, 0.15) is 11.9 Å². The van der Waals surface area contributed by atoms with Crippen molar-refractivity contribution in [2.24, 2.45) is 0 Å². The van der Waals surface area contributed by atoms with E-state index in [1.165, 1.54) is 0 Å². The first-order chi connectivity index (χ1) is 11.8. The van der Waals surface area contributed by atoms with E-state index in [1.807, 2.05) is 66.7 Å². The molecule has 0 amide bonds. The average molecular weight is 318 g/mol. The van der Waals surface area contributed by atoms with Crippen molar-refractivity contribution in [3.63, 3.8) is 0 Å². The molecule has 0 radical (unpaired) electrons. The highest BCUT2D eigenvalue weighted by atomic mass is 16.7. The van der Waals surface area contributed by atoms with Crippen molar-refractivity contribution in [1.29, 1.82) is 0 Å². The monoisotopic (exact) mass is 318 g/mol. The summed E-state index contributed by atoms with van der Waals surface area (Å²) in [5.74, 6) is 0.467. The number of hydrogen-bond donors (Lipinski definition) is 0. The molecule has 0 heterocycles. The van der Waals surface area contributed by atoms with Gasteiger partial charge < -0.3 is 9.47 Å². The summed E-state index contributed by atoms with van der Waals surface area (Å²) in [6, 6.07) is 28.5. The van der Waals surface area contributed by atoms with Gasteiger partial charge in [-0.2, -0.15) is 0 Å². The molecule has 0 aliphatic carbocycles. The average Bonchev–Trinajstić information content (AvgIpc) is 2.63. The van der Waals surface area contributed by atoms with E-state index in [4.69, 9.17) is 9.47 Å². The van der Waals surface area contributed by atoms with Gasteiger partial charge in [0.05, 0.1) is 0 Å². The molecule has 0 saturated carbocycles. The Morgan fingerprint density at radius 1 is 0.750 bits per heavy atom. The van der Waals surface area contributed by atoms with Crippen molar-refractivity contribution in [2.45, 2.75) is 12.5 Å². The molecule has 0 saturated heterocycles. The summed E-state index contributed by atoms with van der Waals surface area (Å²) in [5.41, 5.74) is 2.03. The van der Waals surface area contributed by atoms with Crippen molar-refractivity contribution in [2.75, 3.05) is 0 Å². The third-order valence-electron chi connectivity index (χ3n) is 3.62. The van der Waals surface area contributed by atoms with E-state index in [9.17, 15) is 4.79 Å². The quantitative estimate of drug-likeness (QED) is 0.480. The molecule has 3 aromatic carbocycles. The molecular formula is C21H18O3. The van der Waals surface area contributed by atoms with Gasteiger partial charge in [0.2, 0.25) is 0 Å². The van der Waals surface area contributed by atoms with Crippen LogP contribution in [-0.2, 0) is 11.2 Å². The van der Waals surface area contributed by atoms with Gasteiger partial charge in [-0.25, -0.2) is 4.79 Å². The van der Waals surface area contributed by atoms with Gasteiger partial charge in [-0.05, 0) is 23.3 Å². The number of rotatable bonds is 5. The Morgan fingerprint density at radius 3 is 1.92 bits per heavy atom. The zero-order chi connectivity index (χ0) is 16.6. The summed E-state index contributed by atoms with van der Waals surface area (Å²) in [4.78, 5) is 12.1. The van der Waals surface area contributed by atoms with Gasteiger partial charge in [-0.15, -0.1) is 0 Å². The summed E-state index contributed by atoms with van der Waals surface area (Å²) in [6.07, 6.45) is -0.509. The second-order valence-corrected chi connectivity index (χ2v) is 5.37. The fraction of sp³-hybridized carbons (Fsp3) is 0.0952. The minimum absolute atomic E-state index is 0.398. The fourth-order valence-corrected chi connectivity index (χ4v) is 2.45. The molecule has 0 N–H and O–H groups in total. The van der Waals surface area contributed by atoms with Crippen LogP contribution in [0.1, 0.15) is 17.2 Å². The maximum Gasteiger partial charge on any atom is 0.514 e. The van der Waals surface area contributed by atoms with Crippen LogP contribution in [0, 0.1) is 0 Å². The first kappa shape index (κ1) is 15.8. The van der Waals surface area contributed by atoms with Crippen LogP contribution in [0.2, 0.25) is 0 Å². The molecule has 3 aromatic rings. The van der Waals surface area contributed by atoms with Gasteiger partial charge in [-0.3, -0.25) is 0 Å². The summed E-state index contributed by atoms with van der Waals surface area (Å²) < 4.78 is 10.8. The van der Waals surface area contributed by atoms with E-state index in [1.54, 1.807) is 24.3 Å². The topological polar surface area (TPSA) is 35.5 Å². The maximum atomic E-state index is 12.1. The van der Waals surface area contributed by atoms with Crippen LogP contribution in [0.5, 0.6) is 5.75 Å². The number of para-hydroxylation sites is 1. The van der Waals surface area contributed by atoms with Crippen LogP contribution >= 0.6 is 0 Å². The lowest BCUT2D eigenvalue weighted by Crippen LogP contribution is -2.17. The Hall–Kier alpha value is -3.07. The van der Waals surface area contributed by atoms with E-state index < -0.39 is 12.3 Å². The lowest BCUT2D eigenvalue weighted by Gasteiger charge is -2.18. The SMILES string of the molecule is O=C(Oc1ccccc1)OC(Cc1ccccc1)c1ccccc1. The molecule has 0 bridgehead atoms. The van der Waals surface area contributed by atoms with Crippen LogP contribution < -0.4 is 4.74 Å². The normalized spacial score (nSPS) is 11.5. The molecule has 1 unspecified atom stereocenters. The minimum Gasteiger partial charge on any atom is -0.425 e. The fourth-order valence-electron chi connectivity index (χ4n) is 2.45. The van der Waals surface area contributed by atoms with Gasteiger partial charge in [-0.1, -0.05) is 78.9 Å².